The second-order valence-corrected chi connectivity index (χ2v) is 8.85. The molecule has 0 radical (unpaired) electrons. The highest BCUT2D eigenvalue weighted by atomic mass is 32.2. The minimum Gasteiger partial charge on any atom is -0.495 e. The molecule has 5 nitrogen and oxygen atoms in total. The van der Waals surface area contributed by atoms with Crippen LogP contribution in [0.3, 0.4) is 0 Å². The molecule has 3 rings (SSSR count). The molecule has 0 amide bonds. The van der Waals surface area contributed by atoms with E-state index in [4.69, 9.17) is 9.47 Å². The third-order valence-corrected chi connectivity index (χ3v) is 6.56. The number of aryl methyl sites for hydroxylation is 1. The van der Waals surface area contributed by atoms with Crippen LogP contribution in [0.15, 0.2) is 65.6 Å². The predicted octanol–water partition coefficient (Wildman–Crippen LogP) is 4.43. The van der Waals surface area contributed by atoms with Gasteiger partial charge >= 0.3 is 0 Å². The summed E-state index contributed by atoms with van der Waals surface area (Å²) in [5, 5.41) is 0.619. The molecule has 27 heavy (non-hydrogen) atoms. The number of sulfonamides is 1. The summed E-state index contributed by atoms with van der Waals surface area (Å²) in [5.74, 6) is 0.757. The Labute approximate surface area is 163 Å². The lowest BCUT2D eigenvalue weighted by atomic mass is 10.2. The zero-order valence-corrected chi connectivity index (χ0v) is 16.9. The summed E-state index contributed by atoms with van der Waals surface area (Å²) in [6.07, 6.45) is -0.863. The Balaban J connectivity index is 1.96. The highest BCUT2D eigenvalue weighted by molar-refractivity contribution is 7.89. The molecule has 0 bridgehead atoms. The minimum atomic E-state index is -3.75. The number of nitrogens with one attached hydrogen (secondary N) is 1. The highest BCUT2D eigenvalue weighted by Gasteiger charge is 2.25. The van der Waals surface area contributed by atoms with Crippen LogP contribution in [-0.4, -0.2) is 15.5 Å². The minimum absolute atomic E-state index is 0.186. The quantitative estimate of drug-likeness (QED) is 0.593. The second kappa shape index (κ2) is 8.12. The van der Waals surface area contributed by atoms with E-state index in [0.717, 1.165) is 16.2 Å². The van der Waals surface area contributed by atoms with E-state index in [9.17, 15) is 8.42 Å². The van der Waals surface area contributed by atoms with Gasteiger partial charge in [0.1, 0.15) is 5.75 Å². The Morgan fingerprint density at radius 3 is 2.11 bits per heavy atom. The van der Waals surface area contributed by atoms with Crippen molar-refractivity contribution in [2.45, 2.75) is 25.0 Å². The van der Waals surface area contributed by atoms with Crippen LogP contribution in [0.25, 0.3) is 0 Å². The molecule has 1 atom stereocenters. The van der Waals surface area contributed by atoms with Crippen LogP contribution >= 0.6 is 11.3 Å². The maximum Gasteiger partial charge on any atom is 0.243 e. The number of hydrogen-bond donors (Lipinski definition) is 1. The van der Waals surface area contributed by atoms with E-state index in [1.54, 1.807) is 37.4 Å². The average Bonchev–Trinajstić information content (AvgIpc) is 2.95. The van der Waals surface area contributed by atoms with E-state index in [1.807, 2.05) is 44.2 Å². The van der Waals surface area contributed by atoms with Gasteiger partial charge < -0.3 is 9.47 Å². The van der Waals surface area contributed by atoms with Crippen LogP contribution in [-0.2, 0) is 10.0 Å². The molecule has 0 saturated carbocycles. The van der Waals surface area contributed by atoms with Crippen molar-refractivity contribution in [3.8, 4) is 10.8 Å². The first kappa shape index (κ1) is 19.4. The van der Waals surface area contributed by atoms with Crippen LogP contribution in [0, 0.1) is 13.8 Å². The average molecular weight is 404 g/mol. The summed E-state index contributed by atoms with van der Waals surface area (Å²) in [6.45, 7) is 3.83. The molecule has 0 aliphatic carbocycles. The predicted molar refractivity (Wildman–Crippen MR) is 107 cm³/mol. The molecule has 142 valence electrons. The third kappa shape index (κ3) is 4.32. The molecule has 0 aliphatic rings. The molecule has 1 aromatic heterocycles. The maximum absolute atomic E-state index is 12.8. The molecule has 1 heterocycles. The van der Waals surface area contributed by atoms with Gasteiger partial charge in [-0.1, -0.05) is 48.5 Å². The van der Waals surface area contributed by atoms with E-state index in [0.29, 0.717) is 10.6 Å². The van der Waals surface area contributed by atoms with Gasteiger partial charge in [0.2, 0.25) is 10.0 Å². The number of rotatable bonds is 7. The number of ether oxygens (including phenoxy) is 2. The highest BCUT2D eigenvalue weighted by Crippen LogP contribution is 2.41. The molecule has 2 aromatic carbocycles. The van der Waals surface area contributed by atoms with Gasteiger partial charge in [0.25, 0.3) is 0 Å². The Hall–Kier alpha value is -2.35. The van der Waals surface area contributed by atoms with Gasteiger partial charge in [-0.25, -0.2) is 8.42 Å². The molecule has 0 saturated heterocycles. The number of hydrogen-bond acceptors (Lipinski definition) is 5. The fourth-order valence-corrected chi connectivity index (χ4v) is 4.85. The van der Waals surface area contributed by atoms with Gasteiger partial charge in [-0.05, 0) is 26.0 Å². The van der Waals surface area contributed by atoms with Gasteiger partial charge in [0, 0.05) is 16.0 Å². The Kier molecular flexibility index (Phi) is 5.84. The largest absolute Gasteiger partial charge is 0.495 e. The first-order valence-electron chi connectivity index (χ1n) is 8.35. The van der Waals surface area contributed by atoms with E-state index < -0.39 is 16.3 Å². The summed E-state index contributed by atoms with van der Waals surface area (Å²) in [4.78, 5) is 1.16. The third-order valence-electron chi connectivity index (χ3n) is 4.06. The van der Waals surface area contributed by atoms with E-state index in [1.165, 1.54) is 11.3 Å². The molecule has 1 unspecified atom stereocenters. The zero-order valence-electron chi connectivity index (χ0n) is 15.3. The Morgan fingerprint density at radius 1 is 0.963 bits per heavy atom. The van der Waals surface area contributed by atoms with Crippen molar-refractivity contribution in [2.75, 3.05) is 7.11 Å². The molecule has 0 aliphatic heterocycles. The van der Waals surface area contributed by atoms with Gasteiger partial charge in [0.05, 0.1) is 12.0 Å². The summed E-state index contributed by atoms with van der Waals surface area (Å²) < 4.78 is 39.8. The fourth-order valence-electron chi connectivity index (χ4n) is 2.73. The first-order chi connectivity index (χ1) is 12.9. The van der Waals surface area contributed by atoms with Crippen LogP contribution in [0.4, 0.5) is 0 Å². The zero-order chi connectivity index (χ0) is 19.4. The number of methoxy groups -OCH3 is 1. The molecular weight excluding hydrogens is 382 g/mol. The monoisotopic (exact) mass is 403 g/mol. The molecule has 0 fully saturated rings. The van der Waals surface area contributed by atoms with E-state index in [2.05, 4.69) is 4.72 Å². The summed E-state index contributed by atoms with van der Waals surface area (Å²) in [6, 6.07) is 17.4. The van der Waals surface area contributed by atoms with Crippen molar-refractivity contribution >= 4 is 21.4 Å². The van der Waals surface area contributed by atoms with Crippen molar-refractivity contribution in [3.63, 3.8) is 0 Å². The first-order valence-corrected chi connectivity index (χ1v) is 10.7. The lowest BCUT2D eigenvalue weighted by Gasteiger charge is -2.20. The van der Waals surface area contributed by atoms with Crippen LogP contribution < -0.4 is 14.2 Å². The van der Waals surface area contributed by atoms with Crippen molar-refractivity contribution in [1.29, 1.82) is 0 Å². The molecule has 0 spiro atoms. The van der Waals surface area contributed by atoms with Crippen molar-refractivity contribution in [3.05, 3.63) is 76.7 Å². The van der Waals surface area contributed by atoms with Crippen LogP contribution in [0.5, 0.6) is 10.8 Å². The lowest BCUT2D eigenvalue weighted by molar-refractivity contribution is 0.199. The van der Waals surface area contributed by atoms with Gasteiger partial charge in [0.15, 0.2) is 11.3 Å². The second-order valence-electron chi connectivity index (χ2n) is 5.95. The number of benzene rings is 2. The van der Waals surface area contributed by atoms with Gasteiger partial charge in [-0.15, -0.1) is 11.3 Å². The lowest BCUT2D eigenvalue weighted by Crippen LogP contribution is -2.32. The molecule has 7 heteroatoms. The maximum atomic E-state index is 12.8. The van der Waals surface area contributed by atoms with Crippen LogP contribution in [0.1, 0.15) is 22.2 Å². The Bertz CT molecular complexity index is 999. The summed E-state index contributed by atoms with van der Waals surface area (Å²) in [5.41, 5.74) is 1.56. The standard InChI is InChI=1S/C20H21NO4S2/c1-14-18(24-3)15(2)26-20(14)25-19(16-10-6-4-7-11-16)21-27(22,23)17-12-8-5-9-13-17/h4-13,19,21H,1-3H3. The van der Waals surface area contributed by atoms with Gasteiger partial charge in [-0.2, -0.15) is 4.72 Å². The smallest absolute Gasteiger partial charge is 0.243 e. The summed E-state index contributed by atoms with van der Waals surface area (Å²) in [7, 11) is -2.14. The number of thiophene rings is 1. The van der Waals surface area contributed by atoms with Crippen molar-refractivity contribution in [2.24, 2.45) is 0 Å². The van der Waals surface area contributed by atoms with Crippen molar-refractivity contribution in [1.82, 2.24) is 4.72 Å². The fraction of sp³-hybridized carbons (Fsp3) is 0.200. The molecular formula is C20H21NO4S2. The normalized spacial score (nSPS) is 12.6. The van der Waals surface area contributed by atoms with E-state index in [-0.39, 0.29) is 4.90 Å². The topological polar surface area (TPSA) is 64.6 Å². The summed E-state index contributed by atoms with van der Waals surface area (Å²) >= 11 is 1.43. The van der Waals surface area contributed by atoms with Crippen LogP contribution in [0.2, 0.25) is 0 Å². The molecule has 3 aromatic rings. The Morgan fingerprint density at radius 2 is 1.56 bits per heavy atom. The SMILES string of the molecule is COc1c(C)sc(OC(NS(=O)(=O)c2ccccc2)c2ccccc2)c1C. The van der Waals surface area contributed by atoms with Crippen molar-refractivity contribution < 1.29 is 17.9 Å². The van der Waals surface area contributed by atoms with Gasteiger partial charge in [-0.3, -0.25) is 0 Å². The molecule has 1 N–H and O–H groups in total. The van der Waals surface area contributed by atoms with E-state index >= 15 is 0 Å².